The zero-order valence-corrected chi connectivity index (χ0v) is 13.8. The highest BCUT2D eigenvalue weighted by Crippen LogP contribution is 2.28. The summed E-state index contributed by atoms with van der Waals surface area (Å²) >= 11 is 1.46. The standard InChI is InChI=1S/C17H18N4OS/c1-11-18-9-15(23-11)17(22)21-8-4-5-12(10-21)16-19-13-6-2-3-7-14(13)20-16/h2-3,6-7,9,12H,4-5,8,10H2,1H3,(H,19,20). The Morgan fingerprint density at radius 2 is 2.26 bits per heavy atom. The van der Waals surface area contributed by atoms with Gasteiger partial charge in [0.15, 0.2) is 0 Å². The topological polar surface area (TPSA) is 61.9 Å². The third-order valence-electron chi connectivity index (χ3n) is 4.34. The lowest BCUT2D eigenvalue weighted by atomic mass is 9.97. The normalized spacial score (nSPS) is 18.5. The van der Waals surface area contributed by atoms with Crippen LogP contribution in [0, 0.1) is 6.92 Å². The zero-order valence-electron chi connectivity index (χ0n) is 13.0. The molecule has 4 rings (SSSR count). The number of fused-ring (bicyclic) bond motifs is 1. The van der Waals surface area contributed by atoms with Gasteiger partial charge in [0.25, 0.3) is 5.91 Å². The molecule has 3 heterocycles. The van der Waals surface area contributed by atoms with Crippen LogP contribution in [0.4, 0.5) is 0 Å². The van der Waals surface area contributed by atoms with Gasteiger partial charge in [-0.05, 0) is 31.9 Å². The van der Waals surface area contributed by atoms with Crippen molar-refractivity contribution in [1.82, 2.24) is 19.9 Å². The van der Waals surface area contributed by atoms with Crippen LogP contribution >= 0.6 is 11.3 Å². The average Bonchev–Trinajstić information content (AvgIpc) is 3.20. The largest absolute Gasteiger partial charge is 0.342 e. The molecule has 23 heavy (non-hydrogen) atoms. The third-order valence-corrected chi connectivity index (χ3v) is 5.24. The summed E-state index contributed by atoms with van der Waals surface area (Å²) in [5.41, 5.74) is 2.05. The summed E-state index contributed by atoms with van der Waals surface area (Å²) in [6.07, 6.45) is 3.75. The van der Waals surface area contributed by atoms with Crippen molar-refractivity contribution in [1.29, 1.82) is 0 Å². The first kappa shape index (κ1) is 14.4. The lowest BCUT2D eigenvalue weighted by Gasteiger charge is -2.31. The molecule has 1 fully saturated rings. The highest BCUT2D eigenvalue weighted by atomic mass is 32.1. The lowest BCUT2D eigenvalue weighted by Crippen LogP contribution is -2.39. The molecule has 1 atom stereocenters. The Morgan fingerprint density at radius 3 is 3.04 bits per heavy atom. The quantitative estimate of drug-likeness (QED) is 0.785. The van der Waals surface area contributed by atoms with Gasteiger partial charge in [0, 0.05) is 19.0 Å². The van der Waals surface area contributed by atoms with Crippen LogP contribution in [0.1, 0.15) is 39.3 Å². The zero-order chi connectivity index (χ0) is 15.8. The number of piperidine rings is 1. The third kappa shape index (κ3) is 2.74. The maximum Gasteiger partial charge on any atom is 0.265 e. The van der Waals surface area contributed by atoms with Gasteiger partial charge in [-0.25, -0.2) is 9.97 Å². The summed E-state index contributed by atoms with van der Waals surface area (Å²) in [6.45, 7) is 3.46. The van der Waals surface area contributed by atoms with Crippen molar-refractivity contribution in [3.8, 4) is 0 Å². The summed E-state index contributed by atoms with van der Waals surface area (Å²) in [4.78, 5) is 27.6. The van der Waals surface area contributed by atoms with Gasteiger partial charge in [0.1, 0.15) is 10.7 Å². The fourth-order valence-electron chi connectivity index (χ4n) is 3.17. The Bertz CT molecular complexity index is 820. The maximum absolute atomic E-state index is 12.6. The number of para-hydroxylation sites is 2. The molecular formula is C17H18N4OS. The van der Waals surface area contributed by atoms with Gasteiger partial charge in [-0.3, -0.25) is 4.79 Å². The second kappa shape index (κ2) is 5.77. The predicted octanol–water partition coefficient (Wildman–Crippen LogP) is 3.35. The smallest absolute Gasteiger partial charge is 0.265 e. The van der Waals surface area contributed by atoms with Crippen molar-refractivity contribution in [2.24, 2.45) is 0 Å². The van der Waals surface area contributed by atoms with Crippen LogP contribution in [0.3, 0.4) is 0 Å². The van der Waals surface area contributed by atoms with Crippen LogP contribution in [0.2, 0.25) is 0 Å². The molecule has 3 aromatic rings. The highest BCUT2D eigenvalue weighted by molar-refractivity contribution is 7.13. The Hall–Kier alpha value is -2.21. The molecule has 6 heteroatoms. The Morgan fingerprint density at radius 1 is 1.39 bits per heavy atom. The molecule has 1 amide bonds. The number of hydrogen-bond acceptors (Lipinski definition) is 4. The molecule has 5 nitrogen and oxygen atoms in total. The van der Waals surface area contributed by atoms with Gasteiger partial charge in [-0.15, -0.1) is 11.3 Å². The highest BCUT2D eigenvalue weighted by Gasteiger charge is 2.28. The van der Waals surface area contributed by atoms with E-state index < -0.39 is 0 Å². The number of aromatic nitrogens is 3. The van der Waals surface area contributed by atoms with Gasteiger partial charge >= 0.3 is 0 Å². The van der Waals surface area contributed by atoms with Crippen LogP contribution in [0.15, 0.2) is 30.5 Å². The fraction of sp³-hybridized carbons (Fsp3) is 0.353. The van der Waals surface area contributed by atoms with Crippen LogP contribution < -0.4 is 0 Å². The van der Waals surface area contributed by atoms with E-state index in [0.717, 1.165) is 52.7 Å². The molecule has 1 aliphatic heterocycles. The van der Waals surface area contributed by atoms with Gasteiger partial charge in [0.05, 0.1) is 22.2 Å². The minimum Gasteiger partial charge on any atom is -0.342 e. The molecule has 118 valence electrons. The molecule has 1 N–H and O–H groups in total. The number of H-pyrrole nitrogens is 1. The molecule has 0 bridgehead atoms. The van der Waals surface area contributed by atoms with E-state index in [-0.39, 0.29) is 11.8 Å². The summed E-state index contributed by atoms with van der Waals surface area (Å²) < 4.78 is 0. The van der Waals surface area contributed by atoms with Crippen molar-refractivity contribution in [2.75, 3.05) is 13.1 Å². The molecule has 0 aliphatic carbocycles. The number of rotatable bonds is 2. The number of nitrogens with one attached hydrogen (secondary N) is 1. The van der Waals surface area contributed by atoms with Crippen LogP contribution in [0.5, 0.6) is 0 Å². The van der Waals surface area contributed by atoms with E-state index in [1.54, 1.807) is 6.20 Å². The number of likely N-dealkylation sites (tertiary alicyclic amines) is 1. The van der Waals surface area contributed by atoms with E-state index in [1.807, 2.05) is 36.1 Å². The predicted molar refractivity (Wildman–Crippen MR) is 90.8 cm³/mol. The van der Waals surface area contributed by atoms with Crippen LogP contribution in [0.25, 0.3) is 11.0 Å². The van der Waals surface area contributed by atoms with Crippen LogP contribution in [-0.2, 0) is 0 Å². The van der Waals surface area contributed by atoms with Gasteiger partial charge in [-0.1, -0.05) is 12.1 Å². The number of imidazole rings is 1. The first-order chi connectivity index (χ1) is 11.2. The number of nitrogens with zero attached hydrogens (tertiary/aromatic N) is 3. The number of aryl methyl sites for hydroxylation is 1. The SMILES string of the molecule is Cc1ncc(C(=O)N2CCCC(c3nc4ccccc4[nH]3)C2)s1. The minimum atomic E-state index is 0.0939. The second-order valence-corrected chi connectivity index (χ2v) is 7.21. The first-order valence-corrected chi connectivity index (χ1v) is 8.69. The summed E-state index contributed by atoms with van der Waals surface area (Å²) in [7, 11) is 0. The number of aromatic amines is 1. The van der Waals surface area contributed by atoms with E-state index in [9.17, 15) is 4.79 Å². The number of carbonyl (C=O) groups is 1. The summed E-state index contributed by atoms with van der Waals surface area (Å²) in [5.74, 6) is 1.36. The average molecular weight is 326 g/mol. The maximum atomic E-state index is 12.6. The Labute approximate surface area is 138 Å². The number of amides is 1. The number of thiazole rings is 1. The fourth-order valence-corrected chi connectivity index (χ4v) is 3.91. The molecule has 0 saturated carbocycles. The van der Waals surface area contributed by atoms with Gasteiger partial charge in [0.2, 0.25) is 0 Å². The minimum absolute atomic E-state index is 0.0939. The second-order valence-electron chi connectivity index (χ2n) is 5.97. The molecule has 0 spiro atoms. The molecular weight excluding hydrogens is 308 g/mol. The molecule has 0 radical (unpaired) electrons. The lowest BCUT2D eigenvalue weighted by molar-refractivity contribution is 0.0709. The monoisotopic (exact) mass is 326 g/mol. The molecule has 2 aromatic heterocycles. The Balaban J connectivity index is 1.55. The molecule has 1 aliphatic rings. The molecule has 1 saturated heterocycles. The number of hydrogen-bond donors (Lipinski definition) is 1. The van der Waals surface area contributed by atoms with E-state index in [0.29, 0.717) is 0 Å². The van der Waals surface area contributed by atoms with Crippen molar-refractivity contribution in [2.45, 2.75) is 25.7 Å². The van der Waals surface area contributed by atoms with Crippen molar-refractivity contribution >= 4 is 28.3 Å². The van der Waals surface area contributed by atoms with Crippen LogP contribution in [-0.4, -0.2) is 38.8 Å². The van der Waals surface area contributed by atoms with E-state index in [2.05, 4.69) is 9.97 Å². The first-order valence-electron chi connectivity index (χ1n) is 7.87. The van der Waals surface area contributed by atoms with E-state index >= 15 is 0 Å². The summed E-state index contributed by atoms with van der Waals surface area (Å²) in [6, 6.07) is 8.06. The molecule has 1 aromatic carbocycles. The van der Waals surface area contributed by atoms with Crippen molar-refractivity contribution < 1.29 is 4.79 Å². The van der Waals surface area contributed by atoms with E-state index in [4.69, 9.17) is 4.98 Å². The van der Waals surface area contributed by atoms with Crippen molar-refractivity contribution in [3.63, 3.8) is 0 Å². The Kier molecular flexibility index (Phi) is 3.61. The van der Waals surface area contributed by atoms with Gasteiger partial charge < -0.3 is 9.88 Å². The van der Waals surface area contributed by atoms with Crippen molar-refractivity contribution in [3.05, 3.63) is 46.2 Å². The summed E-state index contributed by atoms with van der Waals surface area (Å²) in [5, 5.41) is 0.930. The van der Waals surface area contributed by atoms with Gasteiger partial charge in [-0.2, -0.15) is 0 Å². The van der Waals surface area contributed by atoms with E-state index in [1.165, 1.54) is 11.3 Å². The number of benzene rings is 1. The number of carbonyl (C=O) groups excluding carboxylic acids is 1. The molecule has 1 unspecified atom stereocenters.